The summed E-state index contributed by atoms with van der Waals surface area (Å²) in [5, 5.41) is 6.84. The highest BCUT2D eigenvalue weighted by Gasteiger charge is 2.50. The summed E-state index contributed by atoms with van der Waals surface area (Å²) >= 11 is 0. The Labute approximate surface area is 169 Å². The molecule has 3 aromatic rings. The molecule has 1 aliphatic carbocycles. The smallest absolute Gasteiger partial charge is 0.282 e. The second-order valence-electron chi connectivity index (χ2n) is 7.90. The first-order valence-corrected chi connectivity index (χ1v) is 9.61. The molecule has 0 spiro atoms. The molecule has 1 unspecified atom stereocenters. The fourth-order valence-electron chi connectivity index (χ4n) is 3.65. The third-order valence-electron chi connectivity index (χ3n) is 5.43. The number of aromatic nitrogens is 5. The number of rotatable bonds is 5. The van der Waals surface area contributed by atoms with Gasteiger partial charge in [-0.1, -0.05) is 0 Å². The van der Waals surface area contributed by atoms with Gasteiger partial charge in [-0.3, -0.25) is 14.3 Å². The van der Waals surface area contributed by atoms with Gasteiger partial charge < -0.3 is 15.2 Å². The topological polar surface area (TPSA) is 109 Å². The van der Waals surface area contributed by atoms with Crippen molar-refractivity contribution in [3.05, 3.63) is 30.4 Å². The van der Waals surface area contributed by atoms with Gasteiger partial charge in [0.15, 0.2) is 5.65 Å². The molecule has 156 valence electrons. The summed E-state index contributed by atoms with van der Waals surface area (Å²) in [6, 6.07) is -0.812. The fraction of sp³-hybridized carbons (Fsp3) is 0.421. The van der Waals surface area contributed by atoms with E-state index < -0.39 is 36.9 Å². The number of hydrogen-bond donors (Lipinski definition) is 2. The first-order chi connectivity index (χ1) is 14.3. The van der Waals surface area contributed by atoms with Gasteiger partial charge in [-0.05, 0) is 18.8 Å². The maximum atomic E-state index is 13.2. The van der Waals surface area contributed by atoms with Crippen LogP contribution < -0.4 is 5.32 Å². The Kier molecular flexibility index (Phi) is 4.09. The van der Waals surface area contributed by atoms with Crippen LogP contribution in [0.4, 0.5) is 8.78 Å². The van der Waals surface area contributed by atoms with Crippen LogP contribution in [0.25, 0.3) is 22.4 Å². The number of halogens is 2. The molecule has 4 heterocycles. The van der Waals surface area contributed by atoms with Crippen molar-refractivity contribution in [1.29, 1.82) is 0 Å². The summed E-state index contributed by atoms with van der Waals surface area (Å²) in [7, 11) is 1.79. The second kappa shape index (κ2) is 6.57. The second-order valence-corrected chi connectivity index (χ2v) is 7.90. The van der Waals surface area contributed by atoms with Crippen LogP contribution >= 0.6 is 0 Å². The van der Waals surface area contributed by atoms with E-state index in [4.69, 9.17) is 0 Å². The highest BCUT2D eigenvalue weighted by Crippen LogP contribution is 2.36. The summed E-state index contributed by atoms with van der Waals surface area (Å²) in [4.78, 5) is 38.4. The van der Waals surface area contributed by atoms with Crippen molar-refractivity contribution in [3.63, 3.8) is 0 Å². The monoisotopic (exact) mass is 415 g/mol. The Hall–Kier alpha value is -3.37. The van der Waals surface area contributed by atoms with Gasteiger partial charge >= 0.3 is 0 Å². The first kappa shape index (κ1) is 18.6. The molecule has 1 saturated heterocycles. The van der Waals surface area contributed by atoms with Crippen molar-refractivity contribution in [3.8, 4) is 11.3 Å². The minimum Gasteiger partial charge on any atom is -0.344 e. The molecule has 2 aliphatic rings. The van der Waals surface area contributed by atoms with Crippen molar-refractivity contribution in [2.24, 2.45) is 13.0 Å². The Morgan fingerprint density at radius 3 is 2.70 bits per heavy atom. The molecule has 0 aromatic carbocycles. The number of aryl methyl sites for hydroxylation is 1. The standard InChI is InChI=1S/C19H19F2N7O2/c1-27-7-11(4-24-27)13-6-23-16-15(25-13)12(5-22-16)17(29)26-14(10-2-3-10)18(30)28-8-19(20,21)9-28/h4-7,10,14H,2-3,8-9H2,1H3,(H,22,23)(H,26,29). The normalized spacial score (nSPS) is 18.8. The van der Waals surface area contributed by atoms with Crippen LogP contribution in [-0.4, -0.2) is 66.5 Å². The molecule has 3 aromatic heterocycles. The third kappa shape index (κ3) is 3.29. The Morgan fingerprint density at radius 1 is 1.30 bits per heavy atom. The molecular formula is C19H19F2N7O2. The van der Waals surface area contributed by atoms with E-state index >= 15 is 0 Å². The van der Waals surface area contributed by atoms with Gasteiger partial charge in [-0.15, -0.1) is 0 Å². The minimum atomic E-state index is -2.84. The van der Waals surface area contributed by atoms with Crippen molar-refractivity contribution in [2.75, 3.05) is 13.1 Å². The van der Waals surface area contributed by atoms with E-state index in [0.29, 0.717) is 16.9 Å². The summed E-state index contributed by atoms with van der Waals surface area (Å²) < 4.78 is 28.0. The van der Waals surface area contributed by atoms with E-state index in [1.165, 1.54) is 6.20 Å². The van der Waals surface area contributed by atoms with Crippen LogP contribution in [-0.2, 0) is 11.8 Å². The maximum absolute atomic E-state index is 13.2. The zero-order chi connectivity index (χ0) is 21.0. The highest BCUT2D eigenvalue weighted by atomic mass is 19.3. The number of alkyl halides is 2. The maximum Gasteiger partial charge on any atom is 0.282 e. The summed E-state index contributed by atoms with van der Waals surface area (Å²) in [5.74, 6) is -3.82. The Bertz CT molecular complexity index is 1140. The molecule has 11 heteroatoms. The first-order valence-electron chi connectivity index (χ1n) is 9.61. The minimum absolute atomic E-state index is 0.0297. The third-order valence-corrected chi connectivity index (χ3v) is 5.43. The molecule has 2 fully saturated rings. The molecule has 0 radical (unpaired) electrons. The van der Waals surface area contributed by atoms with E-state index in [-0.39, 0.29) is 11.5 Å². The molecule has 0 bridgehead atoms. The van der Waals surface area contributed by atoms with Crippen LogP contribution in [0.2, 0.25) is 0 Å². The molecule has 1 atom stereocenters. The predicted molar refractivity (Wildman–Crippen MR) is 102 cm³/mol. The lowest BCUT2D eigenvalue weighted by Gasteiger charge is -2.40. The average Bonchev–Trinajstić information content (AvgIpc) is 3.29. The van der Waals surface area contributed by atoms with Crippen LogP contribution in [0.15, 0.2) is 24.8 Å². The number of carbonyl (C=O) groups is 2. The molecular weight excluding hydrogens is 396 g/mol. The van der Waals surface area contributed by atoms with Gasteiger partial charge in [-0.25, -0.2) is 18.7 Å². The SMILES string of the molecule is Cn1cc(-c2cnc3[nH]cc(C(=O)NC(C(=O)N4CC(F)(F)C4)C4CC4)c3n2)cn1. The van der Waals surface area contributed by atoms with Gasteiger partial charge in [0, 0.05) is 25.0 Å². The van der Waals surface area contributed by atoms with Crippen LogP contribution in [0.3, 0.4) is 0 Å². The number of fused-ring (bicyclic) bond motifs is 1. The van der Waals surface area contributed by atoms with Gasteiger partial charge in [-0.2, -0.15) is 5.10 Å². The van der Waals surface area contributed by atoms with E-state index in [9.17, 15) is 18.4 Å². The Morgan fingerprint density at radius 2 is 2.07 bits per heavy atom. The van der Waals surface area contributed by atoms with Crippen LogP contribution in [0.1, 0.15) is 23.2 Å². The van der Waals surface area contributed by atoms with Crippen molar-refractivity contribution in [2.45, 2.75) is 24.8 Å². The number of aromatic amines is 1. The zero-order valence-corrected chi connectivity index (χ0v) is 16.1. The number of likely N-dealkylation sites (tertiary alicyclic amines) is 1. The number of amides is 2. The molecule has 2 N–H and O–H groups in total. The van der Waals surface area contributed by atoms with Crippen molar-refractivity contribution < 1.29 is 18.4 Å². The Balaban J connectivity index is 1.39. The average molecular weight is 415 g/mol. The summed E-state index contributed by atoms with van der Waals surface area (Å²) in [5.41, 5.74) is 2.36. The lowest BCUT2D eigenvalue weighted by molar-refractivity contribution is -0.167. The summed E-state index contributed by atoms with van der Waals surface area (Å²) in [6.45, 7) is -1.20. The van der Waals surface area contributed by atoms with Gasteiger partial charge in [0.25, 0.3) is 11.8 Å². The van der Waals surface area contributed by atoms with E-state index in [1.807, 2.05) is 0 Å². The molecule has 1 aliphatic heterocycles. The predicted octanol–water partition coefficient (Wildman–Crippen LogP) is 1.34. The fourth-order valence-corrected chi connectivity index (χ4v) is 3.65. The number of carbonyl (C=O) groups excluding carboxylic acids is 2. The van der Waals surface area contributed by atoms with Crippen molar-refractivity contribution >= 4 is 23.0 Å². The summed E-state index contributed by atoms with van der Waals surface area (Å²) in [6.07, 6.45) is 8.05. The van der Waals surface area contributed by atoms with E-state index in [0.717, 1.165) is 23.3 Å². The number of nitrogens with zero attached hydrogens (tertiary/aromatic N) is 5. The van der Waals surface area contributed by atoms with Crippen molar-refractivity contribution in [1.82, 2.24) is 34.9 Å². The highest BCUT2D eigenvalue weighted by molar-refractivity contribution is 6.06. The van der Waals surface area contributed by atoms with E-state index in [2.05, 4.69) is 25.4 Å². The number of hydrogen-bond acceptors (Lipinski definition) is 5. The lowest BCUT2D eigenvalue weighted by Crippen LogP contribution is -2.63. The molecule has 5 rings (SSSR count). The van der Waals surface area contributed by atoms with Gasteiger partial charge in [0.1, 0.15) is 11.6 Å². The van der Waals surface area contributed by atoms with E-state index in [1.54, 1.807) is 30.3 Å². The zero-order valence-electron chi connectivity index (χ0n) is 16.1. The number of H-pyrrole nitrogens is 1. The van der Waals surface area contributed by atoms with Gasteiger partial charge in [0.05, 0.1) is 36.7 Å². The molecule has 2 amide bonds. The molecule has 30 heavy (non-hydrogen) atoms. The largest absolute Gasteiger partial charge is 0.344 e. The number of nitrogens with one attached hydrogen (secondary N) is 2. The van der Waals surface area contributed by atoms with Crippen LogP contribution in [0, 0.1) is 5.92 Å². The molecule has 9 nitrogen and oxygen atoms in total. The van der Waals surface area contributed by atoms with Gasteiger partial charge in [0.2, 0.25) is 5.91 Å². The van der Waals surface area contributed by atoms with Crippen LogP contribution in [0.5, 0.6) is 0 Å². The molecule has 1 saturated carbocycles. The quantitative estimate of drug-likeness (QED) is 0.654. The lowest BCUT2D eigenvalue weighted by atomic mass is 10.1.